The summed E-state index contributed by atoms with van der Waals surface area (Å²) in [7, 11) is 0. The second kappa shape index (κ2) is 20.2. The van der Waals surface area contributed by atoms with Crippen LogP contribution in [0.5, 0.6) is 0 Å². The van der Waals surface area contributed by atoms with Crippen molar-refractivity contribution in [1.29, 1.82) is 0 Å². The summed E-state index contributed by atoms with van der Waals surface area (Å²) in [5.41, 5.74) is 5.72. The van der Waals surface area contributed by atoms with Crippen molar-refractivity contribution in [3.05, 3.63) is 29.8 Å². The first-order valence-corrected chi connectivity index (χ1v) is 18.8. The average molecular weight is 747 g/mol. The number of likely N-dealkylation sites (tertiary alicyclic amines) is 1. The van der Waals surface area contributed by atoms with Crippen molar-refractivity contribution in [2.75, 3.05) is 18.4 Å². The Bertz CT molecular complexity index is 1420. The lowest BCUT2D eigenvalue weighted by Gasteiger charge is -2.25. The third-order valence-corrected chi connectivity index (χ3v) is 9.42. The maximum Gasteiger partial charge on any atom is 0.312 e. The molecule has 6 N–H and O–H groups in total. The molecule has 1 aromatic rings. The fraction of sp³-hybridized carbons (Fsp3) is 0.649. The maximum atomic E-state index is 13.5. The van der Waals surface area contributed by atoms with Crippen LogP contribution in [0.4, 0.5) is 10.5 Å². The molecule has 290 valence electrons. The number of nitrogens with one attached hydrogen (secondary N) is 4. The zero-order valence-corrected chi connectivity index (χ0v) is 32.7. The van der Waals surface area contributed by atoms with Gasteiger partial charge in [0.25, 0.3) is 0 Å². The Morgan fingerprint density at radius 3 is 2.15 bits per heavy atom. The summed E-state index contributed by atoms with van der Waals surface area (Å²) in [5, 5.41) is 10.5. The Kier molecular flexibility index (Phi) is 17.1. The van der Waals surface area contributed by atoms with E-state index in [1.807, 2.05) is 20.8 Å². The zero-order chi connectivity index (χ0) is 39.2. The number of esters is 1. The minimum absolute atomic E-state index is 0.0797. The van der Waals surface area contributed by atoms with Crippen LogP contribution in [0.25, 0.3) is 0 Å². The number of anilines is 1. The standard InChI is InChI=1S/C37H58N6O8S/c1-23(2)30(42-28(44)14-10-9-11-20-43-29(45)21-27(33(43)48)52-37(6,7)8)32(47)41-26(13-12-19-39-35(38)50)31(46)40-25-17-15-24(16-18-25)22-51-34(49)36(3,4)5/h15-18,23,26-27,30H,9-14,19-22H2,1-8H3,(H,40,46)(H,41,47)(H,42,44)(H3,38,39,50)/t26-,27?,30-/m0/s1. The van der Waals surface area contributed by atoms with E-state index >= 15 is 0 Å². The number of thioether (sulfide) groups is 1. The van der Waals surface area contributed by atoms with Crippen LogP contribution < -0.4 is 27.0 Å². The van der Waals surface area contributed by atoms with Gasteiger partial charge in [0.2, 0.25) is 29.5 Å². The summed E-state index contributed by atoms with van der Waals surface area (Å²) in [4.78, 5) is 89.4. The molecular weight excluding hydrogens is 689 g/mol. The van der Waals surface area contributed by atoms with Crippen LogP contribution in [-0.2, 0) is 40.1 Å². The molecule has 3 atom stereocenters. The molecule has 15 heteroatoms. The van der Waals surface area contributed by atoms with E-state index in [1.54, 1.807) is 58.9 Å². The van der Waals surface area contributed by atoms with Gasteiger partial charge in [-0.05, 0) is 70.1 Å². The number of amides is 7. The van der Waals surface area contributed by atoms with Crippen molar-refractivity contribution in [2.24, 2.45) is 17.1 Å². The summed E-state index contributed by atoms with van der Waals surface area (Å²) in [6, 6.07) is 4.13. The predicted octanol–water partition coefficient (Wildman–Crippen LogP) is 4.01. The van der Waals surface area contributed by atoms with Gasteiger partial charge in [0.15, 0.2) is 0 Å². The summed E-state index contributed by atoms with van der Waals surface area (Å²) in [6.45, 7) is 15.5. The van der Waals surface area contributed by atoms with Crippen molar-refractivity contribution in [1.82, 2.24) is 20.9 Å². The molecule has 2 rings (SSSR count). The first-order valence-electron chi connectivity index (χ1n) is 17.9. The number of hydrogen-bond donors (Lipinski definition) is 5. The molecule has 0 radical (unpaired) electrons. The molecule has 0 spiro atoms. The van der Waals surface area contributed by atoms with Gasteiger partial charge in [-0.1, -0.05) is 53.2 Å². The summed E-state index contributed by atoms with van der Waals surface area (Å²) in [5.74, 6) is -2.31. The van der Waals surface area contributed by atoms with Gasteiger partial charge >= 0.3 is 12.0 Å². The van der Waals surface area contributed by atoms with Crippen LogP contribution in [0.3, 0.4) is 0 Å². The van der Waals surface area contributed by atoms with E-state index in [0.717, 1.165) is 5.56 Å². The summed E-state index contributed by atoms with van der Waals surface area (Å²) >= 11 is 1.50. The number of carbonyl (C=O) groups is 7. The summed E-state index contributed by atoms with van der Waals surface area (Å²) < 4.78 is 5.21. The highest BCUT2D eigenvalue weighted by Crippen LogP contribution is 2.34. The number of imide groups is 1. The molecule has 52 heavy (non-hydrogen) atoms. The van der Waals surface area contributed by atoms with Crippen LogP contribution in [0.15, 0.2) is 24.3 Å². The van der Waals surface area contributed by atoms with Crippen molar-refractivity contribution in [3.63, 3.8) is 0 Å². The Morgan fingerprint density at radius 1 is 0.923 bits per heavy atom. The maximum absolute atomic E-state index is 13.5. The van der Waals surface area contributed by atoms with Gasteiger partial charge in [-0.25, -0.2) is 4.79 Å². The molecule has 1 heterocycles. The predicted molar refractivity (Wildman–Crippen MR) is 201 cm³/mol. The van der Waals surface area contributed by atoms with Crippen LogP contribution in [-0.4, -0.2) is 81.6 Å². The van der Waals surface area contributed by atoms with Gasteiger partial charge in [0.05, 0.1) is 10.7 Å². The molecule has 14 nitrogen and oxygen atoms in total. The topological polar surface area (TPSA) is 206 Å². The second-order valence-electron chi connectivity index (χ2n) is 15.4. The Labute approximate surface area is 311 Å². The number of urea groups is 1. The Hall–Kier alpha value is -4.14. The third-order valence-electron chi connectivity index (χ3n) is 8.06. The minimum Gasteiger partial charge on any atom is -0.460 e. The number of ether oxygens (including phenoxy) is 1. The molecule has 1 aliphatic heterocycles. The second-order valence-corrected chi connectivity index (χ2v) is 17.4. The molecule has 1 aromatic carbocycles. The SMILES string of the molecule is CC(C)[C@H](NC(=O)CCCCCN1C(=O)CC(SC(C)(C)C)C1=O)C(=O)N[C@@H](CCCNC(N)=O)C(=O)Nc1ccc(COC(=O)C(C)(C)C)cc1. The van der Waals surface area contributed by atoms with E-state index < -0.39 is 35.3 Å². The zero-order valence-electron chi connectivity index (χ0n) is 31.9. The van der Waals surface area contributed by atoms with Crippen LogP contribution in [0.2, 0.25) is 0 Å². The van der Waals surface area contributed by atoms with Crippen molar-refractivity contribution in [2.45, 2.75) is 129 Å². The van der Waals surface area contributed by atoms with E-state index in [1.165, 1.54) is 16.7 Å². The van der Waals surface area contributed by atoms with Gasteiger partial charge in [-0.15, -0.1) is 11.8 Å². The highest BCUT2D eigenvalue weighted by Gasteiger charge is 2.40. The molecule has 0 aliphatic carbocycles. The molecule has 1 fully saturated rings. The smallest absolute Gasteiger partial charge is 0.312 e. The van der Waals surface area contributed by atoms with E-state index in [9.17, 15) is 33.6 Å². The molecule has 0 bridgehead atoms. The quantitative estimate of drug-likeness (QED) is 0.0787. The molecule has 7 amide bonds. The number of unbranched alkanes of at least 4 members (excludes halogenated alkanes) is 2. The molecule has 1 aliphatic rings. The van der Waals surface area contributed by atoms with Crippen LogP contribution in [0, 0.1) is 11.3 Å². The molecule has 0 saturated carbocycles. The van der Waals surface area contributed by atoms with Crippen molar-refractivity contribution in [3.8, 4) is 0 Å². The highest BCUT2D eigenvalue weighted by molar-refractivity contribution is 8.01. The average Bonchev–Trinajstić information content (AvgIpc) is 3.29. The fourth-order valence-electron chi connectivity index (χ4n) is 5.25. The van der Waals surface area contributed by atoms with E-state index in [-0.39, 0.29) is 72.0 Å². The lowest BCUT2D eigenvalue weighted by Crippen LogP contribution is -2.54. The van der Waals surface area contributed by atoms with Crippen LogP contribution in [0.1, 0.15) is 106 Å². The number of carbonyl (C=O) groups excluding carboxylic acids is 7. The van der Waals surface area contributed by atoms with Gasteiger partial charge in [-0.2, -0.15) is 0 Å². The molecule has 1 saturated heterocycles. The molecule has 0 aromatic heterocycles. The largest absolute Gasteiger partial charge is 0.460 e. The van der Waals surface area contributed by atoms with Gasteiger partial charge in [0, 0.05) is 36.4 Å². The Morgan fingerprint density at radius 2 is 1.58 bits per heavy atom. The normalized spacial score (nSPS) is 15.9. The van der Waals surface area contributed by atoms with E-state index in [4.69, 9.17) is 10.5 Å². The number of nitrogens with two attached hydrogens (primary N) is 1. The van der Waals surface area contributed by atoms with Crippen LogP contribution >= 0.6 is 11.8 Å². The number of benzene rings is 1. The lowest BCUT2D eigenvalue weighted by molar-refractivity contribution is -0.154. The third kappa shape index (κ3) is 15.6. The summed E-state index contributed by atoms with van der Waals surface area (Å²) in [6.07, 6.45) is 2.56. The van der Waals surface area contributed by atoms with Gasteiger partial charge in [0.1, 0.15) is 18.7 Å². The van der Waals surface area contributed by atoms with Gasteiger partial charge < -0.3 is 31.7 Å². The van der Waals surface area contributed by atoms with E-state index in [0.29, 0.717) is 37.9 Å². The molecular formula is C37H58N6O8S. The van der Waals surface area contributed by atoms with E-state index in [2.05, 4.69) is 21.3 Å². The molecule has 1 unspecified atom stereocenters. The number of primary amides is 1. The monoisotopic (exact) mass is 746 g/mol. The van der Waals surface area contributed by atoms with Crippen molar-refractivity contribution < 1.29 is 38.3 Å². The first kappa shape index (κ1) is 44.0. The Balaban J connectivity index is 1.94. The lowest BCUT2D eigenvalue weighted by atomic mass is 9.97. The number of rotatable bonds is 19. The van der Waals surface area contributed by atoms with Crippen molar-refractivity contribution >= 4 is 59.0 Å². The minimum atomic E-state index is -0.995. The number of nitrogens with zero attached hydrogens (tertiary/aromatic N) is 1. The number of hydrogen-bond acceptors (Lipinski definition) is 9. The highest BCUT2D eigenvalue weighted by atomic mass is 32.2. The first-order chi connectivity index (χ1) is 24.2. The van der Waals surface area contributed by atoms with Gasteiger partial charge in [-0.3, -0.25) is 33.7 Å². The fourth-order valence-corrected chi connectivity index (χ4v) is 6.55.